The first kappa shape index (κ1) is 15.5. The monoisotopic (exact) mass is 267 g/mol. The Hall–Kier alpha value is -0.510. The molecular weight excluding hydrogens is 242 g/mol. The van der Waals surface area contributed by atoms with E-state index in [4.69, 9.17) is 4.74 Å². The molecule has 1 aromatic carbocycles. The summed E-state index contributed by atoms with van der Waals surface area (Å²) in [6, 6.07) is 11.2. The summed E-state index contributed by atoms with van der Waals surface area (Å²) in [6.45, 7) is 4.16. The zero-order valence-electron chi connectivity index (χ0n) is 11.5. The van der Waals surface area contributed by atoms with Crippen LogP contribution in [0.15, 0.2) is 30.3 Å². The van der Waals surface area contributed by atoms with Crippen molar-refractivity contribution >= 4 is 11.8 Å². The third-order valence-electron chi connectivity index (χ3n) is 2.76. The summed E-state index contributed by atoms with van der Waals surface area (Å²) in [4.78, 5) is 0. The lowest BCUT2D eigenvalue weighted by molar-refractivity contribution is 0.200. The highest BCUT2D eigenvalue weighted by Crippen LogP contribution is 2.18. The third kappa shape index (κ3) is 6.43. The van der Waals surface area contributed by atoms with E-state index >= 15 is 0 Å². The topological polar surface area (TPSA) is 21.3 Å². The van der Waals surface area contributed by atoms with Crippen LogP contribution >= 0.6 is 11.8 Å². The van der Waals surface area contributed by atoms with Crippen LogP contribution < -0.4 is 5.32 Å². The Balaban J connectivity index is 2.36. The molecule has 1 rings (SSSR count). The zero-order valence-corrected chi connectivity index (χ0v) is 12.3. The van der Waals surface area contributed by atoms with Gasteiger partial charge >= 0.3 is 0 Å². The Morgan fingerprint density at radius 3 is 2.72 bits per heavy atom. The number of methoxy groups -OCH3 is 1. The second-order valence-corrected chi connectivity index (χ2v) is 5.49. The summed E-state index contributed by atoms with van der Waals surface area (Å²) in [6.07, 6.45) is 2.31. The SMILES string of the molecule is CCCNC(CSCCCOC)c1ccccc1. The molecule has 0 bridgehead atoms. The highest BCUT2D eigenvalue weighted by atomic mass is 32.2. The number of nitrogens with one attached hydrogen (secondary N) is 1. The zero-order chi connectivity index (χ0) is 13.1. The predicted octanol–water partition coefficient (Wildman–Crippen LogP) is 3.50. The predicted molar refractivity (Wildman–Crippen MR) is 81.3 cm³/mol. The smallest absolute Gasteiger partial charge is 0.0470 e. The minimum atomic E-state index is 0.471. The highest BCUT2D eigenvalue weighted by Gasteiger charge is 2.09. The van der Waals surface area contributed by atoms with Crippen LogP contribution in [0.2, 0.25) is 0 Å². The maximum atomic E-state index is 5.07. The molecule has 2 nitrogen and oxygen atoms in total. The molecule has 18 heavy (non-hydrogen) atoms. The van der Waals surface area contributed by atoms with E-state index in [1.165, 1.54) is 17.7 Å². The van der Waals surface area contributed by atoms with Crippen molar-refractivity contribution in [2.45, 2.75) is 25.8 Å². The van der Waals surface area contributed by atoms with Crippen molar-refractivity contribution in [2.24, 2.45) is 0 Å². The normalized spacial score (nSPS) is 12.6. The van der Waals surface area contributed by atoms with E-state index in [1.54, 1.807) is 7.11 Å². The summed E-state index contributed by atoms with van der Waals surface area (Å²) in [5, 5.41) is 3.62. The van der Waals surface area contributed by atoms with Gasteiger partial charge in [-0.2, -0.15) is 11.8 Å². The van der Waals surface area contributed by atoms with Crippen LogP contribution in [0.25, 0.3) is 0 Å². The Bertz CT molecular complexity index is 292. The quantitative estimate of drug-likeness (QED) is 0.656. The molecule has 0 amide bonds. The van der Waals surface area contributed by atoms with Gasteiger partial charge in [0.05, 0.1) is 0 Å². The molecule has 0 fully saturated rings. The van der Waals surface area contributed by atoms with Crippen molar-refractivity contribution in [2.75, 3.05) is 31.8 Å². The number of ether oxygens (including phenoxy) is 1. The molecule has 0 aliphatic carbocycles. The molecule has 0 spiro atoms. The average Bonchev–Trinajstić information content (AvgIpc) is 2.43. The molecule has 3 heteroatoms. The first-order valence-electron chi connectivity index (χ1n) is 6.73. The van der Waals surface area contributed by atoms with Crippen LogP contribution in [0, 0.1) is 0 Å². The number of rotatable bonds is 10. The van der Waals surface area contributed by atoms with Crippen LogP contribution in [0.3, 0.4) is 0 Å². The molecule has 1 N–H and O–H groups in total. The first-order chi connectivity index (χ1) is 8.88. The van der Waals surface area contributed by atoms with E-state index in [1.807, 2.05) is 11.8 Å². The number of thioether (sulfide) groups is 1. The maximum Gasteiger partial charge on any atom is 0.0470 e. The summed E-state index contributed by atoms with van der Waals surface area (Å²) < 4.78 is 5.07. The van der Waals surface area contributed by atoms with E-state index in [0.717, 1.165) is 25.3 Å². The van der Waals surface area contributed by atoms with Crippen LogP contribution in [-0.4, -0.2) is 31.8 Å². The molecule has 0 aliphatic rings. The van der Waals surface area contributed by atoms with Crippen molar-refractivity contribution in [1.29, 1.82) is 0 Å². The molecule has 1 unspecified atom stereocenters. The van der Waals surface area contributed by atoms with Crippen LogP contribution in [0.4, 0.5) is 0 Å². The van der Waals surface area contributed by atoms with E-state index in [2.05, 4.69) is 42.6 Å². The van der Waals surface area contributed by atoms with Crippen molar-refractivity contribution in [3.63, 3.8) is 0 Å². The minimum Gasteiger partial charge on any atom is -0.385 e. The van der Waals surface area contributed by atoms with E-state index in [-0.39, 0.29) is 0 Å². The van der Waals surface area contributed by atoms with Gasteiger partial charge in [0.25, 0.3) is 0 Å². The van der Waals surface area contributed by atoms with Gasteiger partial charge in [-0.15, -0.1) is 0 Å². The second-order valence-electron chi connectivity index (χ2n) is 4.34. The fourth-order valence-corrected chi connectivity index (χ4v) is 2.82. The van der Waals surface area contributed by atoms with Crippen molar-refractivity contribution in [1.82, 2.24) is 5.32 Å². The maximum absolute atomic E-state index is 5.07. The molecule has 0 aromatic heterocycles. The number of hydrogen-bond donors (Lipinski definition) is 1. The van der Waals surface area contributed by atoms with Gasteiger partial charge in [-0.25, -0.2) is 0 Å². The van der Waals surface area contributed by atoms with Gasteiger partial charge in [0, 0.05) is 25.5 Å². The molecule has 102 valence electrons. The Labute approximate surface area is 116 Å². The summed E-state index contributed by atoms with van der Waals surface area (Å²) in [7, 11) is 1.76. The van der Waals surface area contributed by atoms with E-state index in [9.17, 15) is 0 Å². The van der Waals surface area contributed by atoms with Gasteiger partial charge in [-0.1, -0.05) is 37.3 Å². The standard InChI is InChI=1S/C15H25NOS/c1-3-10-16-15(13-18-12-7-11-17-2)14-8-5-4-6-9-14/h4-6,8-9,15-16H,3,7,10-13H2,1-2H3. The summed E-state index contributed by atoms with van der Waals surface area (Å²) in [5.74, 6) is 2.30. The average molecular weight is 267 g/mol. The van der Waals surface area contributed by atoms with Gasteiger partial charge in [0.15, 0.2) is 0 Å². The van der Waals surface area contributed by atoms with Crippen molar-refractivity contribution < 1.29 is 4.74 Å². The Kier molecular flexibility index (Phi) is 9.00. The van der Waals surface area contributed by atoms with E-state index in [0.29, 0.717) is 6.04 Å². The molecule has 0 saturated carbocycles. The van der Waals surface area contributed by atoms with Gasteiger partial charge in [0.1, 0.15) is 0 Å². The molecule has 0 aliphatic heterocycles. The lowest BCUT2D eigenvalue weighted by atomic mass is 10.1. The fourth-order valence-electron chi connectivity index (χ4n) is 1.78. The highest BCUT2D eigenvalue weighted by molar-refractivity contribution is 7.99. The molecule has 0 heterocycles. The third-order valence-corrected chi connectivity index (χ3v) is 3.91. The minimum absolute atomic E-state index is 0.471. The largest absolute Gasteiger partial charge is 0.385 e. The molecular formula is C15H25NOS. The lowest BCUT2D eigenvalue weighted by Gasteiger charge is -2.18. The summed E-state index contributed by atoms with van der Waals surface area (Å²) >= 11 is 2.00. The first-order valence-corrected chi connectivity index (χ1v) is 7.89. The number of benzene rings is 1. The van der Waals surface area contributed by atoms with Crippen molar-refractivity contribution in [3.05, 3.63) is 35.9 Å². The summed E-state index contributed by atoms with van der Waals surface area (Å²) in [5.41, 5.74) is 1.39. The van der Waals surface area contributed by atoms with Crippen molar-refractivity contribution in [3.8, 4) is 0 Å². The van der Waals surface area contributed by atoms with Crippen LogP contribution in [0.5, 0.6) is 0 Å². The second kappa shape index (κ2) is 10.4. The van der Waals surface area contributed by atoms with Gasteiger partial charge in [0.2, 0.25) is 0 Å². The molecule has 1 atom stereocenters. The van der Waals surface area contributed by atoms with E-state index < -0.39 is 0 Å². The Morgan fingerprint density at radius 1 is 1.28 bits per heavy atom. The molecule has 0 radical (unpaired) electrons. The molecule has 0 saturated heterocycles. The Morgan fingerprint density at radius 2 is 2.06 bits per heavy atom. The number of hydrogen-bond acceptors (Lipinski definition) is 3. The van der Waals surface area contributed by atoms with Crippen LogP contribution in [0.1, 0.15) is 31.4 Å². The molecule has 1 aromatic rings. The lowest BCUT2D eigenvalue weighted by Crippen LogP contribution is -2.24. The van der Waals surface area contributed by atoms with Crippen LogP contribution in [-0.2, 0) is 4.74 Å². The van der Waals surface area contributed by atoms with Gasteiger partial charge in [-0.05, 0) is 30.7 Å². The van der Waals surface area contributed by atoms with Gasteiger partial charge < -0.3 is 10.1 Å². The van der Waals surface area contributed by atoms with Gasteiger partial charge in [-0.3, -0.25) is 0 Å². The fraction of sp³-hybridized carbons (Fsp3) is 0.600.